The third kappa shape index (κ3) is 3.50. The number of anilines is 1. The van der Waals surface area contributed by atoms with Crippen LogP contribution < -0.4 is 4.90 Å². The van der Waals surface area contributed by atoms with E-state index in [1.807, 2.05) is 57.4 Å². The fourth-order valence-corrected chi connectivity index (χ4v) is 4.84. The number of halogens is 1. The van der Waals surface area contributed by atoms with Gasteiger partial charge in [0, 0.05) is 42.7 Å². The molecule has 4 heterocycles. The fraction of sp³-hybridized carbons (Fsp3) is 0.304. The van der Waals surface area contributed by atoms with Crippen molar-refractivity contribution in [3.8, 4) is 11.3 Å². The zero-order valence-corrected chi connectivity index (χ0v) is 18.8. The topological polar surface area (TPSA) is 87.4 Å². The normalized spacial score (nSPS) is 19.1. The second-order valence-corrected chi connectivity index (χ2v) is 8.83. The molecule has 1 aliphatic rings. The smallest absolute Gasteiger partial charge is 0.407 e. The summed E-state index contributed by atoms with van der Waals surface area (Å²) in [6.07, 6.45) is 2.87. The summed E-state index contributed by atoms with van der Waals surface area (Å²) in [6.45, 7) is 5.03. The van der Waals surface area contributed by atoms with Gasteiger partial charge in [-0.15, -0.1) is 0 Å². The van der Waals surface area contributed by atoms with E-state index in [1.54, 1.807) is 10.9 Å². The molecule has 9 heteroatoms. The highest BCUT2D eigenvalue weighted by molar-refractivity contribution is 6.35. The quantitative estimate of drug-likeness (QED) is 0.486. The third-order valence-electron chi connectivity index (χ3n) is 6.02. The SMILES string of the molecule is C[C@@H]1CN(c2cnc3nc(-c4ccc5nn(C)cc5c4)cc(Cl)c3c2)C[C@H](C)N1C(=O)O. The molecule has 0 saturated carbocycles. The molecule has 1 amide bonds. The zero-order chi connectivity index (χ0) is 22.6. The predicted octanol–water partition coefficient (Wildman–Crippen LogP) is 4.41. The van der Waals surface area contributed by atoms with E-state index in [0.29, 0.717) is 23.8 Å². The number of hydrogen-bond donors (Lipinski definition) is 1. The number of nitrogens with zero attached hydrogens (tertiary/aromatic N) is 6. The van der Waals surface area contributed by atoms with Crippen LogP contribution in [0, 0.1) is 0 Å². The summed E-state index contributed by atoms with van der Waals surface area (Å²) in [5.74, 6) is 0. The summed E-state index contributed by atoms with van der Waals surface area (Å²) in [5, 5.41) is 16.3. The molecule has 4 aromatic rings. The fourth-order valence-electron chi connectivity index (χ4n) is 4.60. The molecule has 0 radical (unpaired) electrons. The second-order valence-electron chi connectivity index (χ2n) is 8.42. The van der Waals surface area contributed by atoms with Crippen LogP contribution >= 0.6 is 11.6 Å². The Labute approximate surface area is 190 Å². The zero-order valence-electron chi connectivity index (χ0n) is 18.0. The highest BCUT2D eigenvalue weighted by Crippen LogP contribution is 2.32. The second kappa shape index (κ2) is 7.63. The van der Waals surface area contributed by atoms with Crippen molar-refractivity contribution >= 4 is 45.3 Å². The van der Waals surface area contributed by atoms with Crippen molar-refractivity contribution in [3.63, 3.8) is 0 Å². The van der Waals surface area contributed by atoms with Crippen molar-refractivity contribution in [1.29, 1.82) is 0 Å². The molecule has 0 bridgehead atoms. The number of aromatic nitrogens is 4. The molecule has 8 nitrogen and oxygen atoms in total. The highest BCUT2D eigenvalue weighted by Gasteiger charge is 2.33. The number of carbonyl (C=O) groups is 1. The molecular weight excluding hydrogens is 428 g/mol. The van der Waals surface area contributed by atoms with E-state index in [2.05, 4.69) is 15.0 Å². The van der Waals surface area contributed by atoms with Gasteiger partial charge in [-0.05, 0) is 38.1 Å². The minimum Gasteiger partial charge on any atom is -0.465 e. The van der Waals surface area contributed by atoms with E-state index in [1.165, 1.54) is 4.90 Å². The van der Waals surface area contributed by atoms with Crippen LogP contribution in [0.3, 0.4) is 0 Å². The first-order valence-electron chi connectivity index (χ1n) is 10.5. The third-order valence-corrected chi connectivity index (χ3v) is 6.33. The molecule has 2 atom stereocenters. The molecule has 1 aliphatic heterocycles. The summed E-state index contributed by atoms with van der Waals surface area (Å²) in [5.41, 5.74) is 4.12. The molecule has 0 spiro atoms. The van der Waals surface area contributed by atoms with Crippen molar-refractivity contribution in [2.24, 2.45) is 7.05 Å². The number of hydrogen-bond acceptors (Lipinski definition) is 5. The van der Waals surface area contributed by atoms with Crippen LogP contribution in [0.25, 0.3) is 33.2 Å². The van der Waals surface area contributed by atoms with Gasteiger partial charge in [0.05, 0.1) is 40.2 Å². The Kier molecular flexibility index (Phi) is 4.89. The minimum absolute atomic E-state index is 0.120. The Bertz CT molecular complexity index is 1340. The van der Waals surface area contributed by atoms with E-state index in [-0.39, 0.29) is 12.1 Å². The first-order chi connectivity index (χ1) is 15.3. The van der Waals surface area contributed by atoms with Crippen LogP contribution in [0.4, 0.5) is 10.5 Å². The van der Waals surface area contributed by atoms with E-state index in [0.717, 1.165) is 33.2 Å². The Hall–Kier alpha value is -3.39. The molecule has 3 aromatic heterocycles. The van der Waals surface area contributed by atoms with Crippen LogP contribution in [-0.2, 0) is 7.05 Å². The average molecular weight is 451 g/mol. The van der Waals surface area contributed by atoms with Crippen LogP contribution in [0.5, 0.6) is 0 Å². The summed E-state index contributed by atoms with van der Waals surface area (Å²) in [7, 11) is 1.90. The highest BCUT2D eigenvalue weighted by atomic mass is 35.5. The first kappa shape index (κ1) is 20.5. The van der Waals surface area contributed by atoms with Crippen molar-refractivity contribution in [2.75, 3.05) is 18.0 Å². The van der Waals surface area contributed by atoms with Gasteiger partial charge in [-0.2, -0.15) is 5.10 Å². The van der Waals surface area contributed by atoms with Crippen molar-refractivity contribution in [2.45, 2.75) is 25.9 Å². The number of benzene rings is 1. The van der Waals surface area contributed by atoms with Crippen LogP contribution in [0.2, 0.25) is 5.02 Å². The van der Waals surface area contributed by atoms with Crippen molar-refractivity contribution in [1.82, 2.24) is 24.6 Å². The lowest BCUT2D eigenvalue weighted by Gasteiger charge is -2.43. The van der Waals surface area contributed by atoms with Gasteiger partial charge in [-0.3, -0.25) is 9.58 Å². The predicted molar refractivity (Wildman–Crippen MR) is 125 cm³/mol. The number of aryl methyl sites for hydroxylation is 1. The number of pyridine rings is 2. The van der Waals surface area contributed by atoms with Gasteiger partial charge in [0.25, 0.3) is 0 Å². The average Bonchev–Trinajstić information content (AvgIpc) is 3.11. The summed E-state index contributed by atoms with van der Waals surface area (Å²) >= 11 is 6.67. The summed E-state index contributed by atoms with van der Waals surface area (Å²) < 4.78 is 1.79. The number of piperazine rings is 1. The number of rotatable bonds is 2. The van der Waals surface area contributed by atoms with Crippen LogP contribution in [0.15, 0.2) is 42.7 Å². The van der Waals surface area contributed by atoms with E-state index in [4.69, 9.17) is 16.6 Å². The molecule has 1 fully saturated rings. The Morgan fingerprint density at radius 2 is 1.91 bits per heavy atom. The first-order valence-corrected chi connectivity index (χ1v) is 10.8. The molecule has 5 rings (SSSR count). The standard InChI is InChI=1S/C23H23ClN6O2/c1-13-10-29(11-14(2)30(13)23(31)32)17-7-18-19(24)8-21(26-22(18)25-9-17)15-4-5-20-16(6-15)12-28(3)27-20/h4-9,12-14H,10-11H2,1-3H3,(H,31,32)/t13-,14+. The Morgan fingerprint density at radius 1 is 1.16 bits per heavy atom. The van der Waals surface area contributed by atoms with Gasteiger partial charge in [0.15, 0.2) is 5.65 Å². The van der Waals surface area contributed by atoms with Gasteiger partial charge in [-0.25, -0.2) is 14.8 Å². The van der Waals surface area contributed by atoms with Gasteiger partial charge < -0.3 is 10.0 Å². The van der Waals surface area contributed by atoms with Crippen LogP contribution in [0.1, 0.15) is 13.8 Å². The maximum absolute atomic E-state index is 11.5. The van der Waals surface area contributed by atoms with Gasteiger partial charge in [0.1, 0.15) is 0 Å². The van der Waals surface area contributed by atoms with E-state index in [9.17, 15) is 9.90 Å². The largest absolute Gasteiger partial charge is 0.465 e. The monoisotopic (exact) mass is 450 g/mol. The Morgan fingerprint density at radius 3 is 2.62 bits per heavy atom. The van der Waals surface area contributed by atoms with E-state index >= 15 is 0 Å². The lowest BCUT2D eigenvalue weighted by molar-refractivity contribution is 0.0982. The summed E-state index contributed by atoms with van der Waals surface area (Å²) in [4.78, 5) is 24.5. The van der Waals surface area contributed by atoms with Crippen molar-refractivity contribution in [3.05, 3.63) is 47.7 Å². The molecule has 1 saturated heterocycles. The molecular formula is C23H23ClN6O2. The molecule has 32 heavy (non-hydrogen) atoms. The molecule has 1 N–H and O–H groups in total. The number of amides is 1. The molecule has 164 valence electrons. The van der Waals surface area contributed by atoms with Gasteiger partial charge >= 0.3 is 6.09 Å². The number of carboxylic acid groups (broad SMARTS) is 1. The van der Waals surface area contributed by atoms with Gasteiger partial charge in [-0.1, -0.05) is 17.7 Å². The summed E-state index contributed by atoms with van der Waals surface area (Å²) in [6, 6.07) is 9.61. The Balaban J connectivity index is 1.49. The minimum atomic E-state index is -0.884. The molecule has 0 aliphatic carbocycles. The maximum atomic E-state index is 11.5. The van der Waals surface area contributed by atoms with E-state index < -0.39 is 6.09 Å². The lowest BCUT2D eigenvalue weighted by atomic mass is 10.1. The molecule has 1 aromatic carbocycles. The lowest BCUT2D eigenvalue weighted by Crippen LogP contribution is -2.58. The maximum Gasteiger partial charge on any atom is 0.407 e. The van der Waals surface area contributed by atoms with Crippen LogP contribution in [-0.4, -0.2) is 61.0 Å². The number of fused-ring (bicyclic) bond motifs is 2. The van der Waals surface area contributed by atoms with Gasteiger partial charge in [0.2, 0.25) is 0 Å². The molecule has 0 unspecified atom stereocenters. The van der Waals surface area contributed by atoms with Crippen molar-refractivity contribution < 1.29 is 9.90 Å².